The third-order valence-electron chi connectivity index (χ3n) is 3.19. The van der Waals surface area contributed by atoms with Crippen molar-refractivity contribution < 1.29 is 15.3 Å². The first-order chi connectivity index (χ1) is 6.73. The van der Waals surface area contributed by atoms with E-state index in [0.29, 0.717) is 6.42 Å². The number of rotatable bonds is 6. The van der Waals surface area contributed by atoms with Crippen molar-refractivity contribution in [2.45, 2.75) is 53.2 Å². The van der Waals surface area contributed by atoms with E-state index in [0.717, 1.165) is 0 Å². The second-order valence-corrected chi connectivity index (χ2v) is 5.55. The van der Waals surface area contributed by atoms with Gasteiger partial charge < -0.3 is 15.3 Å². The second kappa shape index (κ2) is 5.83. The highest BCUT2D eigenvalue weighted by atomic mass is 16.3. The topological polar surface area (TPSA) is 60.7 Å². The van der Waals surface area contributed by atoms with Gasteiger partial charge in [-0.3, -0.25) is 0 Å². The molecule has 0 aromatic heterocycles. The summed E-state index contributed by atoms with van der Waals surface area (Å²) in [4.78, 5) is 0. The maximum Gasteiger partial charge on any atom is 0.0638 e. The molecule has 0 bridgehead atoms. The van der Waals surface area contributed by atoms with Crippen LogP contribution >= 0.6 is 0 Å². The number of hydrogen-bond acceptors (Lipinski definition) is 3. The Morgan fingerprint density at radius 2 is 1.53 bits per heavy atom. The van der Waals surface area contributed by atoms with E-state index in [1.54, 1.807) is 0 Å². The Hall–Kier alpha value is -0.120. The summed E-state index contributed by atoms with van der Waals surface area (Å²) in [5, 5.41) is 28.9. The smallest absolute Gasteiger partial charge is 0.0638 e. The Morgan fingerprint density at radius 1 is 1.07 bits per heavy atom. The van der Waals surface area contributed by atoms with Gasteiger partial charge in [-0.05, 0) is 18.3 Å². The van der Waals surface area contributed by atoms with Crippen molar-refractivity contribution in [1.82, 2.24) is 0 Å². The van der Waals surface area contributed by atoms with Crippen molar-refractivity contribution in [3.8, 4) is 0 Å². The quantitative estimate of drug-likeness (QED) is 0.631. The molecule has 3 atom stereocenters. The maximum absolute atomic E-state index is 10.0. The van der Waals surface area contributed by atoms with E-state index >= 15 is 0 Å². The van der Waals surface area contributed by atoms with Crippen LogP contribution in [0.4, 0.5) is 0 Å². The Morgan fingerprint density at radius 3 is 1.87 bits per heavy atom. The minimum absolute atomic E-state index is 0.0682. The fourth-order valence-corrected chi connectivity index (χ4v) is 1.82. The van der Waals surface area contributed by atoms with Crippen molar-refractivity contribution in [1.29, 1.82) is 0 Å². The van der Waals surface area contributed by atoms with Crippen molar-refractivity contribution in [3.05, 3.63) is 0 Å². The molecule has 0 aliphatic rings. The van der Waals surface area contributed by atoms with E-state index in [9.17, 15) is 10.2 Å². The first-order valence-corrected chi connectivity index (χ1v) is 5.70. The summed E-state index contributed by atoms with van der Waals surface area (Å²) < 4.78 is 0. The lowest BCUT2D eigenvalue weighted by molar-refractivity contribution is -0.0767. The molecule has 3 N–H and O–H groups in total. The summed E-state index contributed by atoms with van der Waals surface area (Å²) >= 11 is 0. The summed E-state index contributed by atoms with van der Waals surface area (Å²) in [6.07, 6.45) is -0.594. The molecule has 0 aromatic carbocycles. The molecule has 0 spiro atoms. The van der Waals surface area contributed by atoms with Crippen molar-refractivity contribution >= 4 is 0 Å². The summed E-state index contributed by atoms with van der Waals surface area (Å²) in [5.74, 6) is 0.192. The van der Waals surface area contributed by atoms with Crippen LogP contribution in [0.3, 0.4) is 0 Å². The first-order valence-electron chi connectivity index (χ1n) is 5.70. The largest absolute Gasteiger partial charge is 0.396 e. The number of hydrogen-bond donors (Lipinski definition) is 3. The third kappa shape index (κ3) is 4.09. The highest BCUT2D eigenvalue weighted by Crippen LogP contribution is 2.32. The molecule has 0 aromatic rings. The monoisotopic (exact) mass is 218 g/mol. The molecule has 3 heteroatoms. The molecular weight excluding hydrogens is 192 g/mol. The van der Waals surface area contributed by atoms with Crippen LogP contribution in [-0.4, -0.2) is 34.1 Å². The predicted molar refractivity (Wildman–Crippen MR) is 61.5 cm³/mol. The Bertz CT molecular complexity index is 178. The van der Waals surface area contributed by atoms with Gasteiger partial charge in [0.2, 0.25) is 0 Å². The zero-order valence-corrected chi connectivity index (χ0v) is 10.6. The van der Waals surface area contributed by atoms with Crippen LogP contribution in [0.25, 0.3) is 0 Å². The molecule has 0 radical (unpaired) electrons. The van der Waals surface area contributed by atoms with Gasteiger partial charge in [-0.2, -0.15) is 0 Å². The minimum atomic E-state index is -0.586. The van der Waals surface area contributed by atoms with E-state index in [2.05, 4.69) is 0 Å². The van der Waals surface area contributed by atoms with Crippen LogP contribution in [0.2, 0.25) is 0 Å². The zero-order chi connectivity index (χ0) is 12.2. The van der Waals surface area contributed by atoms with Gasteiger partial charge in [-0.1, -0.05) is 34.6 Å². The van der Waals surface area contributed by atoms with E-state index < -0.39 is 17.6 Å². The van der Waals surface area contributed by atoms with Gasteiger partial charge in [-0.25, -0.2) is 0 Å². The normalized spacial score (nSPS) is 19.0. The van der Waals surface area contributed by atoms with Gasteiger partial charge in [0.25, 0.3) is 0 Å². The molecule has 3 nitrogen and oxygen atoms in total. The lowest BCUT2D eigenvalue weighted by Crippen LogP contribution is -2.44. The van der Waals surface area contributed by atoms with Crippen molar-refractivity contribution in [3.63, 3.8) is 0 Å². The van der Waals surface area contributed by atoms with Gasteiger partial charge in [0.05, 0.1) is 12.2 Å². The first kappa shape index (κ1) is 14.9. The van der Waals surface area contributed by atoms with E-state index in [-0.39, 0.29) is 18.4 Å². The Kier molecular flexibility index (Phi) is 5.78. The molecular formula is C12H26O3. The van der Waals surface area contributed by atoms with Crippen LogP contribution < -0.4 is 0 Å². The lowest BCUT2D eigenvalue weighted by Gasteiger charge is -2.38. The van der Waals surface area contributed by atoms with Crippen molar-refractivity contribution in [2.24, 2.45) is 17.3 Å². The molecule has 0 aliphatic heterocycles. The maximum atomic E-state index is 10.0. The van der Waals surface area contributed by atoms with Crippen LogP contribution in [0.1, 0.15) is 41.0 Å². The lowest BCUT2D eigenvalue weighted by atomic mass is 9.74. The SMILES string of the molecule is CC(CO)CC(O)C(C)(C)C(O)C(C)C. The number of aliphatic hydroxyl groups excluding tert-OH is 3. The Labute approximate surface area is 93.1 Å². The number of aliphatic hydroxyl groups is 3. The average molecular weight is 218 g/mol. The molecule has 0 rings (SSSR count). The molecule has 0 amide bonds. The molecule has 0 heterocycles. The minimum Gasteiger partial charge on any atom is -0.396 e. The molecule has 0 fully saturated rings. The Balaban J connectivity index is 4.43. The standard InChI is InChI=1S/C12H26O3/c1-8(2)11(15)12(4,5)10(14)6-9(3)7-13/h8-11,13-15H,6-7H2,1-5H3. The van der Waals surface area contributed by atoms with E-state index in [1.807, 2.05) is 34.6 Å². The second-order valence-electron chi connectivity index (χ2n) is 5.55. The summed E-state index contributed by atoms with van der Waals surface area (Å²) in [7, 11) is 0. The fourth-order valence-electron chi connectivity index (χ4n) is 1.82. The average Bonchev–Trinajstić information content (AvgIpc) is 2.15. The fraction of sp³-hybridized carbons (Fsp3) is 1.00. The third-order valence-corrected chi connectivity index (χ3v) is 3.19. The van der Waals surface area contributed by atoms with Gasteiger partial charge in [-0.15, -0.1) is 0 Å². The van der Waals surface area contributed by atoms with Crippen LogP contribution in [0.5, 0.6) is 0 Å². The van der Waals surface area contributed by atoms with Gasteiger partial charge >= 0.3 is 0 Å². The van der Waals surface area contributed by atoms with E-state index in [4.69, 9.17) is 5.11 Å². The van der Waals surface area contributed by atoms with Gasteiger partial charge in [0.15, 0.2) is 0 Å². The molecule has 15 heavy (non-hydrogen) atoms. The van der Waals surface area contributed by atoms with Gasteiger partial charge in [0.1, 0.15) is 0 Å². The van der Waals surface area contributed by atoms with Crippen molar-refractivity contribution in [2.75, 3.05) is 6.61 Å². The van der Waals surface area contributed by atoms with Crippen LogP contribution in [0, 0.1) is 17.3 Å². The summed E-state index contributed by atoms with van der Waals surface area (Å²) in [6, 6.07) is 0. The summed E-state index contributed by atoms with van der Waals surface area (Å²) in [6.45, 7) is 9.58. The zero-order valence-electron chi connectivity index (χ0n) is 10.6. The van der Waals surface area contributed by atoms with Crippen LogP contribution in [0.15, 0.2) is 0 Å². The highest BCUT2D eigenvalue weighted by molar-refractivity contribution is 4.87. The molecule has 0 aliphatic carbocycles. The predicted octanol–water partition coefficient (Wildman–Crippen LogP) is 1.41. The van der Waals surface area contributed by atoms with E-state index in [1.165, 1.54) is 0 Å². The van der Waals surface area contributed by atoms with Crippen LogP contribution in [-0.2, 0) is 0 Å². The molecule has 92 valence electrons. The van der Waals surface area contributed by atoms with Gasteiger partial charge in [0, 0.05) is 12.0 Å². The molecule has 0 saturated carbocycles. The molecule has 3 unspecified atom stereocenters. The summed E-state index contributed by atoms with van der Waals surface area (Å²) in [5.41, 5.74) is -0.530. The molecule has 0 saturated heterocycles. The highest BCUT2D eigenvalue weighted by Gasteiger charge is 2.37.